The highest BCUT2D eigenvalue weighted by Gasteiger charge is 2.22. The van der Waals surface area contributed by atoms with E-state index in [-0.39, 0.29) is 11.5 Å². The molecular formula is C15H11N5O2. The monoisotopic (exact) mass is 293 g/mol. The molecule has 0 atom stereocenters. The fourth-order valence-corrected chi connectivity index (χ4v) is 2.43. The lowest BCUT2D eigenvalue weighted by Crippen LogP contribution is -2.07. The van der Waals surface area contributed by atoms with Gasteiger partial charge in [-0.25, -0.2) is 9.61 Å². The Balaban J connectivity index is 1.83. The molecule has 108 valence electrons. The van der Waals surface area contributed by atoms with Crippen molar-refractivity contribution >= 4 is 23.0 Å². The molecule has 2 N–H and O–H groups in total. The molecule has 0 fully saturated rings. The van der Waals surface area contributed by atoms with Gasteiger partial charge in [0, 0.05) is 18.3 Å². The lowest BCUT2D eigenvalue weighted by Gasteiger charge is -2.12. The minimum Gasteiger partial charge on any atom is -0.379 e. The third-order valence-corrected chi connectivity index (χ3v) is 3.51. The predicted molar refractivity (Wildman–Crippen MR) is 79.0 cm³/mol. The van der Waals surface area contributed by atoms with E-state index in [1.165, 1.54) is 6.20 Å². The van der Waals surface area contributed by atoms with E-state index in [9.17, 15) is 4.79 Å². The molecule has 7 nitrogen and oxygen atoms in total. The largest absolute Gasteiger partial charge is 0.379 e. The Kier molecular flexibility index (Phi) is 2.82. The molecule has 0 saturated heterocycles. The molecule has 3 aromatic rings. The fourth-order valence-electron chi connectivity index (χ4n) is 2.43. The number of carbonyl (C=O) groups excluding carboxylic acids is 1. The van der Waals surface area contributed by atoms with E-state index in [4.69, 9.17) is 0 Å². The van der Waals surface area contributed by atoms with Crippen LogP contribution < -0.4 is 10.6 Å². The van der Waals surface area contributed by atoms with Crippen molar-refractivity contribution in [1.29, 1.82) is 0 Å². The lowest BCUT2D eigenvalue weighted by molar-refractivity contribution is 0.103. The fraction of sp³-hybridized carbons (Fsp3) is 0.0667. The molecule has 0 amide bonds. The molecule has 7 heteroatoms. The van der Waals surface area contributed by atoms with Crippen LogP contribution in [0.3, 0.4) is 0 Å². The molecule has 22 heavy (non-hydrogen) atoms. The summed E-state index contributed by atoms with van der Waals surface area (Å²) in [6.07, 6.45) is 3.01. The summed E-state index contributed by atoms with van der Waals surface area (Å²) in [6, 6.07) is 9.32. The average Bonchev–Trinajstić information content (AvgIpc) is 3.02. The van der Waals surface area contributed by atoms with Crippen LogP contribution in [0.1, 0.15) is 21.6 Å². The van der Waals surface area contributed by atoms with Crippen LogP contribution in [0.15, 0.2) is 47.4 Å². The van der Waals surface area contributed by atoms with Crippen LogP contribution in [-0.4, -0.2) is 21.1 Å². The molecule has 3 heterocycles. The summed E-state index contributed by atoms with van der Waals surface area (Å²) in [5, 5.41) is 13.6. The maximum absolute atomic E-state index is 12.6. The number of ketones is 1. The van der Waals surface area contributed by atoms with E-state index in [0.717, 1.165) is 17.1 Å². The first kappa shape index (κ1) is 12.5. The zero-order valence-corrected chi connectivity index (χ0v) is 11.4. The van der Waals surface area contributed by atoms with Crippen molar-refractivity contribution in [2.75, 3.05) is 10.6 Å². The highest BCUT2D eigenvalue weighted by Crippen LogP contribution is 2.34. The number of pyridine rings is 1. The topological polar surface area (TPSA) is 92.9 Å². The Morgan fingerprint density at radius 3 is 3.05 bits per heavy atom. The number of nitrogens with one attached hydrogen (secondary N) is 2. The van der Waals surface area contributed by atoms with Gasteiger partial charge in [-0.2, -0.15) is 0 Å². The first-order valence-corrected chi connectivity index (χ1v) is 6.73. The van der Waals surface area contributed by atoms with Crippen molar-refractivity contribution in [3.8, 4) is 0 Å². The van der Waals surface area contributed by atoms with Gasteiger partial charge >= 0.3 is 0 Å². The minimum atomic E-state index is -0.258. The molecular weight excluding hydrogens is 282 g/mol. The van der Waals surface area contributed by atoms with Crippen molar-refractivity contribution in [1.82, 2.24) is 15.3 Å². The van der Waals surface area contributed by atoms with E-state index in [1.807, 2.05) is 24.3 Å². The summed E-state index contributed by atoms with van der Waals surface area (Å²) < 4.78 is 4.51. The highest BCUT2D eigenvalue weighted by molar-refractivity contribution is 6.13. The van der Waals surface area contributed by atoms with Crippen LogP contribution in [-0.2, 0) is 6.54 Å². The van der Waals surface area contributed by atoms with Crippen molar-refractivity contribution in [2.24, 2.45) is 0 Å². The van der Waals surface area contributed by atoms with Gasteiger partial charge in [0.15, 0.2) is 5.69 Å². The molecule has 0 saturated carbocycles. The van der Waals surface area contributed by atoms with Gasteiger partial charge in [-0.1, -0.05) is 17.3 Å². The van der Waals surface area contributed by atoms with Gasteiger partial charge < -0.3 is 10.6 Å². The van der Waals surface area contributed by atoms with Crippen molar-refractivity contribution < 1.29 is 9.42 Å². The van der Waals surface area contributed by atoms with Gasteiger partial charge in [0.1, 0.15) is 12.0 Å². The van der Waals surface area contributed by atoms with Crippen LogP contribution in [0, 0.1) is 0 Å². The number of fused-ring (bicyclic) bond motifs is 2. The number of nitrogens with zero attached hydrogens (tertiary/aromatic N) is 3. The first-order chi connectivity index (χ1) is 10.8. The maximum atomic E-state index is 12.6. The summed E-state index contributed by atoms with van der Waals surface area (Å²) in [5.74, 6) is 0.471. The molecule has 0 spiro atoms. The standard InChI is InChI=1S/C15H11N5O2/c21-14(12-8-18-22-20-12)10-4-1-5-11-13(10)19-15-9(7-17-11)3-2-6-16-15/h1-6,8,17H,7H2,(H,16,19). The van der Waals surface area contributed by atoms with Gasteiger partial charge in [-0.3, -0.25) is 4.79 Å². The minimum absolute atomic E-state index is 0.167. The number of hydrogen-bond donors (Lipinski definition) is 2. The molecule has 0 radical (unpaired) electrons. The number of para-hydroxylation sites is 1. The summed E-state index contributed by atoms with van der Waals surface area (Å²) in [7, 11) is 0. The maximum Gasteiger partial charge on any atom is 0.218 e. The number of anilines is 3. The second kappa shape index (κ2) is 4.96. The van der Waals surface area contributed by atoms with E-state index >= 15 is 0 Å². The van der Waals surface area contributed by atoms with E-state index in [1.54, 1.807) is 12.3 Å². The van der Waals surface area contributed by atoms with Gasteiger partial charge in [-0.05, 0) is 23.4 Å². The van der Waals surface area contributed by atoms with E-state index in [0.29, 0.717) is 17.8 Å². The summed E-state index contributed by atoms with van der Waals surface area (Å²) in [6.45, 7) is 0.631. The van der Waals surface area contributed by atoms with Crippen molar-refractivity contribution in [3.63, 3.8) is 0 Å². The van der Waals surface area contributed by atoms with E-state index in [2.05, 4.69) is 30.6 Å². The van der Waals surface area contributed by atoms with Gasteiger partial charge in [0.05, 0.1) is 16.9 Å². The predicted octanol–water partition coefficient (Wildman–Crippen LogP) is 2.36. The van der Waals surface area contributed by atoms with Crippen LogP contribution in [0.4, 0.5) is 17.2 Å². The van der Waals surface area contributed by atoms with Crippen LogP contribution in [0.5, 0.6) is 0 Å². The van der Waals surface area contributed by atoms with E-state index < -0.39 is 0 Å². The molecule has 0 unspecified atom stereocenters. The van der Waals surface area contributed by atoms with Crippen molar-refractivity contribution in [3.05, 3.63) is 59.5 Å². The van der Waals surface area contributed by atoms with Gasteiger partial charge in [-0.15, -0.1) is 0 Å². The molecule has 1 aliphatic rings. The Bertz CT molecular complexity index is 845. The Morgan fingerprint density at radius 2 is 2.18 bits per heavy atom. The summed E-state index contributed by atoms with van der Waals surface area (Å²) in [5.41, 5.74) is 3.19. The third kappa shape index (κ3) is 1.99. The average molecular weight is 293 g/mol. The van der Waals surface area contributed by atoms with Crippen LogP contribution >= 0.6 is 0 Å². The zero-order chi connectivity index (χ0) is 14.9. The molecule has 4 rings (SSSR count). The second-order valence-electron chi connectivity index (χ2n) is 4.84. The quantitative estimate of drug-likeness (QED) is 0.700. The van der Waals surface area contributed by atoms with Gasteiger partial charge in [0.2, 0.25) is 5.78 Å². The zero-order valence-electron chi connectivity index (χ0n) is 11.4. The van der Waals surface area contributed by atoms with Crippen LogP contribution in [0.2, 0.25) is 0 Å². The number of aromatic nitrogens is 3. The molecule has 1 aromatic carbocycles. The molecule has 2 aromatic heterocycles. The molecule has 0 aliphatic carbocycles. The number of rotatable bonds is 2. The first-order valence-electron chi connectivity index (χ1n) is 6.73. The number of carbonyl (C=O) groups is 1. The van der Waals surface area contributed by atoms with Crippen LogP contribution in [0.25, 0.3) is 0 Å². The Labute approximate surface area is 125 Å². The Morgan fingerprint density at radius 1 is 1.23 bits per heavy atom. The SMILES string of the molecule is O=C(c1cnon1)c1cccc2c1Nc1ncccc1CN2. The molecule has 0 bridgehead atoms. The smallest absolute Gasteiger partial charge is 0.218 e. The third-order valence-electron chi connectivity index (χ3n) is 3.51. The number of benzene rings is 1. The summed E-state index contributed by atoms with van der Waals surface area (Å²) in [4.78, 5) is 16.9. The Hall–Kier alpha value is -3.22. The second-order valence-corrected chi connectivity index (χ2v) is 4.84. The highest BCUT2D eigenvalue weighted by atomic mass is 16.6. The summed E-state index contributed by atoms with van der Waals surface area (Å²) >= 11 is 0. The van der Waals surface area contributed by atoms with Gasteiger partial charge in [0.25, 0.3) is 0 Å². The molecule has 1 aliphatic heterocycles. The lowest BCUT2D eigenvalue weighted by atomic mass is 10.0. The van der Waals surface area contributed by atoms with Crippen molar-refractivity contribution in [2.45, 2.75) is 6.54 Å². The normalized spacial score (nSPS) is 12.4. The number of hydrogen-bond acceptors (Lipinski definition) is 7.